The lowest BCUT2D eigenvalue weighted by molar-refractivity contribution is -0.163. The number of hydrogen-bond acceptors (Lipinski definition) is 5. The van der Waals surface area contributed by atoms with Crippen LogP contribution in [0.4, 0.5) is 0 Å². The van der Waals surface area contributed by atoms with Gasteiger partial charge in [-0.1, -0.05) is 51.9 Å². The van der Waals surface area contributed by atoms with Gasteiger partial charge < -0.3 is 19.7 Å². The monoisotopic (exact) mass is 459 g/mol. The molecule has 2 atom stereocenters. The molecule has 8 heteroatoms. The fourth-order valence-corrected chi connectivity index (χ4v) is 6.58. The Morgan fingerprint density at radius 2 is 1.85 bits per heavy atom. The minimum atomic E-state index is -1.21. The fraction of sp³-hybridized carbons (Fsp3) is 0.760. The van der Waals surface area contributed by atoms with E-state index in [0.29, 0.717) is 25.4 Å². The number of carboxylic acids is 1. The van der Waals surface area contributed by atoms with E-state index in [1.165, 1.54) is 42.9 Å². The van der Waals surface area contributed by atoms with Gasteiger partial charge >= 0.3 is 5.97 Å². The lowest BCUT2D eigenvalue weighted by Gasteiger charge is -2.52. The molecule has 1 saturated heterocycles. The van der Waals surface area contributed by atoms with Gasteiger partial charge in [-0.25, -0.2) is 9.78 Å². The minimum absolute atomic E-state index is 0.0151. The highest BCUT2D eigenvalue weighted by Crippen LogP contribution is 2.51. The van der Waals surface area contributed by atoms with Gasteiger partial charge in [0.2, 0.25) is 5.91 Å². The highest BCUT2D eigenvalue weighted by Gasteiger charge is 2.55. The predicted octanol–water partition coefficient (Wildman–Crippen LogP) is 3.07. The van der Waals surface area contributed by atoms with Crippen LogP contribution in [0.3, 0.4) is 0 Å². The summed E-state index contributed by atoms with van der Waals surface area (Å²) < 4.78 is 1.28. The summed E-state index contributed by atoms with van der Waals surface area (Å²) in [5.74, 6) is -0.401. The summed E-state index contributed by atoms with van der Waals surface area (Å²) >= 11 is 0. The molecule has 2 saturated carbocycles. The van der Waals surface area contributed by atoms with Crippen molar-refractivity contribution in [3.05, 3.63) is 28.4 Å². The summed E-state index contributed by atoms with van der Waals surface area (Å²) in [6, 6.07) is 0. The third kappa shape index (κ3) is 4.86. The maximum Gasteiger partial charge on any atom is 0.356 e. The number of hydrogen-bond donors (Lipinski definition) is 2. The molecule has 1 aromatic heterocycles. The fourth-order valence-electron chi connectivity index (χ4n) is 6.58. The summed E-state index contributed by atoms with van der Waals surface area (Å²) in [7, 11) is 0. The lowest BCUT2D eigenvalue weighted by Crippen LogP contribution is -2.62. The maximum atomic E-state index is 13.4. The van der Waals surface area contributed by atoms with Gasteiger partial charge in [0, 0.05) is 30.6 Å². The number of likely N-dealkylation sites (tertiary alicyclic amines) is 1. The van der Waals surface area contributed by atoms with Crippen molar-refractivity contribution in [3.8, 4) is 0 Å². The Labute approximate surface area is 195 Å². The van der Waals surface area contributed by atoms with Crippen molar-refractivity contribution in [3.63, 3.8) is 0 Å². The van der Waals surface area contributed by atoms with Crippen molar-refractivity contribution in [1.82, 2.24) is 14.5 Å². The smallest absolute Gasteiger partial charge is 0.356 e. The Morgan fingerprint density at radius 3 is 2.52 bits per heavy atom. The predicted molar refractivity (Wildman–Crippen MR) is 123 cm³/mol. The second kappa shape index (κ2) is 9.57. The van der Waals surface area contributed by atoms with Gasteiger partial charge in [-0.3, -0.25) is 9.59 Å². The first kappa shape index (κ1) is 23.9. The SMILES string of the molecule is CC(CC1CCCCC1)C(=O)N1CCC(O)(Cn2cc(C(=O)O)ncc2=O)C2(CCCC2)C1. The number of carbonyl (C=O) groups is 2. The quantitative estimate of drug-likeness (QED) is 0.676. The molecule has 2 N–H and O–H groups in total. The molecule has 3 aliphatic rings. The number of carboxylic acid groups (broad SMARTS) is 1. The van der Waals surface area contributed by atoms with E-state index in [1.807, 2.05) is 11.8 Å². The zero-order chi connectivity index (χ0) is 23.6. The zero-order valence-electron chi connectivity index (χ0n) is 19.7. The summed E-state index contributed by atoms with van der Waals surface area (Å²) in [5, 5.41) is 21.1. The molecule has 0 radical (unpaired) electrons. The van der Waals surface area contributed by atoms with E-state index in [0.717, 1.165) is 38.3 Å². The van der Waals surface area contributed by atoms with Crippen molar-refractivity contribution in [2.24, 2.45) is 17.3 Å². The number of amides is 1. The number of aromatic carboxylic acids is 1. The second-order valence-electron chi connectivity index (χ2n) is 10.7. The van der Waals surface area contributed by atoms with Gasteiger partial charge in [0.05, 0.1) is 18.3 Å². The third-order valence-electron chi connectivity index (χ3n) is 8.51. The number of aromatic nitrogens is 2. The minimum Gasteiger partial charge on any atom is -0.476 e. The number of nitrogens with zero attached hydrogens (tertiary/aromatic N) is 3. The Morgan fingerprint density at radius 1 is 1.15 bits per heavy atom. The van der Waals surface area contributed by atoms with Crippen LogP contribution in [0, 0.1) is 17.3 Å². The van der Waals surface area contributed by atoms with Crippen molar-refractivity contribution < 1.29 is 19.8 Å². The molecule has 1 aliphatic heterocycles. The maximum absolute atomic E-state index is 13.4. The molecule has 182 valence electrons. The molecule has 1 amide bonds. The van der Waals surface area contributed by atoms with Crippen LogP contribution in [0.2, 0.25) is 0 Å². The molecule has 2 aliphatic carbocycles. The lowest BCUT2D eigenvalue weighted by atomic mass is 9.65. The molecular formula is C25H37N3O5. The van der Waals surface area contributed by atoms with Gasteiger partial charge in [0.1, 0.15) is 0 Å². The van der Waals surface area contributed by atoms with Gasteiger partial charge in [-0.15, -0.1) is 0 Å². The van der Waals surface area contributed by atoms with Crippen LogP contribution in [0.5, 0.6) is 0 Å². The standard InChI is InChI=1S/C25H37N3O5/c1-18(13-19-7-3-2-4-8-19)22(30)27-12-11-25(33,24(16-27)9-5-6-10-24)17-28-15-20(23(31)32)26-14-21(28)29/h14-15,18-19,33H,2-13,16-17H2,1H3,(H,31,32). The number of piperidine rings is 1. The topological polar surface area (TPSA) is 113 Å². The normalized spacial score (nSPS) is 26.4. The van der Waals surface area contributed by atoms with Crippen molar-refractivity contribution >= 4 is 11.9 Å². The van der Waals surface area contributed by atoms with Crippen LogP contribution in [0.1, 0.15) is 88.0 Å². The molecule has 3 fully saturated rings. The Balaban J connectivity index is 1.51. The van der Waals surface area contributed by atoms with Crippen LogP contribution in [0.25, 0.3) is 0 Å². The van der Waals surface area contributed by atoms with Crippen molar-refractivity contribution in [2.75, 3.05) is 13.1 Å². The van der Waals surface area contributed by atoms with Gasteiger partial charge in [-0.2, -0.15) is 0 Å². The zero-order valence-corrected chi connectivity index (χ0v) is 19.7. The van der Waals surface area contributed by atoms with E-state index in [2.05, 4.69) is 4.98 Å². The molecule has 2 unspecified atom stereocenters. The van der Waals surface area contributed by atoms with Gasteiger partial charge in [-0.05, 0) is 31.6 Å². The number of carbonyl (C=O) groups excluding carboxylic acids is 1. The molecule has 0 bridgehead atoms. The van der Waals surface area contributed by atoms with E-state index >= 15 is 0 Å². The van der Waals surface area contributed by atoms with Crippen LogP contribution in [-0.2, 0) is 11.3 Å². The van der Waals surface area contributed by atoms with Crippen LogP contribution in [-0.4, -0.2) is 55.2 Å². The molecule has 1 aromatic rings. The second-order valence-corrected chi connectivity index (χ2v) is 10.7. The first-order valence-electron chi connectivity index (χ1n) is 12.5. The number of aliphatic hydroxyl groups is 1. The molecule has 1 spiro atoms. The van der Waals surface area contributed by atoms with Gasteiger partial charge in [0.15, 0.2) is 5.69 Å². The third-order valence-corrected chi connectivity index (χ3v) is 8.51. The summed E-state index contributed by atoms with van der Waals surface area (Å²) in [6.07, 6.45) is 13.4. The molecule has 8 nitrogen and oxygen atoms in total. The van der Waals surface area contributed by atoms with Crippen molar-refractivity contribution in [1.29, 1.82) is 0 Å². The van der Waals surface area contributed by atoms with E-state index < -0.39 is 22.5 Å². The molecular weight excluding hydrogens is 422 g/mol. The van der Waals surface area contributed by atoms with E-state index in [1.54, 1.807) is 0 Å². The molecule has 0 aromatic carbocycles. The average Bonchev–Trinajstić information content (AvgIpc) is 3.27. The highest BCUT2D eigenvalue weighted by molar-refractivity contribution is 5.84. The average molecular weight is 460 g/mol. The van der Waals surface area contributed by atoms with E-state index in [9.17, 15) is 24.6 Å². The van der Waals surface area contributed by atoms with E-state index in [-0.39, 0.29) is 24.1 Å². The Kier molecular flexibility index (Phi) is 6.93. The highest BCUT2D eigenvalue weighted by atomic mass is 16.4. The summed E-state index contributed by atoms with van der Waals surface area (Å²) in [6.45, 7) is 3.03. The first-order chi connectivity index (χ1) is 15.7. The van der Waals surface area contributed by atoms with Crippen LogP contribution in [0.15, 0.2) is 17.2 Å². The summed E-state index contributed by atoms with van der Waals surface area (Å²) in [5.41, 5.74) is -2.30. The van der Waals surface area contributed by atoms with Gasteiger partial charge in [0.25, 0.3) is 5.56 Å². The Hall–Kier alpha value is -2.22. The Bertz CT molecular complexity index is 932. The first-order valence-corrected chi connectivity index (χ1v) is 12.5. The molecule has 4 rings (SSSR count). The summed E-state index contributed by atoms with van der Waals surface area (Å²) in [4.78, 5) is 42.7. The molecule has 33 heavy (non-hydrogen) atoms. The van der Waals surface area contributed by atoms with E-state index in [4.69, 9.17) is 0 Å². The van der Waals surface area contributed by atoms with Crippen LogP contribution >= 0.6 is 0 Å². The van der Waals surface area contributed by atoms with Crippen molar-refractivity contribution in [2.45, 2.75) is 89.7 Å². The molecule has 2 heterocycles. The largest absolute Gasteiger partial charge is 0.476 e. The van der Waals surface area contributed by atoms with Crippen LogP contribution < -0.4 is 5.56 Å². The number of rotatable bonds is 6.